The molecule has 0 radical (unpaired) electrons. The van der Waals surface area contributed by atoms with Crippen LogP contribution in [-0.4, -0.2) is 12.1 Å². The van der Waals surface area contributed by atoms with Gasteiger partial charge in [-0.25, -0.2) is 4.98 Å². The van der Waals surface area contributed by atoms with E-state index in [-0.39, 0.29) is 0 Å². The maximum absolute atomic E-state index is 8.97. The van der Waals surface area contributed by atoms with Gasteiger partial charge in [-0.1, -0.05) is 13.8 Å². The minimum Gasteiger partial charge on any atom is -0.497 e. The molecule has 3 nitrogen and oxygen atoms in total. The Labute approximate surface area is 101 Å². The van der Waals surface area contributed by atoms with Crippen molar-refractivity contribution in [3.8, 4) is 11.8 Å². The Hall–Kier alpha value is -2.08. The van der Waals surface area contributed by atoms with E-state index in [1.165, 1.54) is 0 Å². The average molecular weight is 226 g/mol. The van der Waals surface area contributed by atoms with Crippen molar-refractivity contribution >= 4 is 10.9 Å². The third-order valence-corrected chi connectivity index (χ3v) is 2.78. The molecule has 3 heteroatoms. The van der Waals surface area contributed by atoms with Gasteiger partial charge in [0, 0.05) is 5.39 Å². The second-order valence-electron chi connectivity index (χ2n) is 4.25. The highest BCUT2D eigenvalue weighted by Crippen LogP contribution is 2.28. The Kier molecular flexibility index (Phi) is 2.97. The van der Waals surface area contributed by atoms with Gasteiger partial charge in [-0.2, -0.15) is 5.26 Å². The Morgan fingerprint density at radius 1 is 1.29 bits per heavy atom. The Morgan fingerprint density at radius 2 is 2.06 bits per heavy atom. The summed E-state index contributed by atoms with van der Waals surface area (Å²) in [5.74, 6) is 1.16. The molecular weight excluding hydrogens is 212 g/mol. The number of nitriles is 1. The van der Waals surface area contributed by atoms with Crippen LogP contribution in [-0.2, 0) is 0 Å². The quantitative estimate of drug-likeness (QED) is 0.789. The molecule has 1 aromatic carbocycles. The zero-order valence-electron chi connectivity index (χ0n) is 10.2. The molecule has 0 aliphatic heterocycles. The molecule has 0 fully saturated rings. The maximum Gasteiger partial charge on any atom is 0.141 e. The Morgan fingerprint density at radius 3 is 2.65 bits per heavy atom. The van der Waals surface area contributed by atoms with Crippen LogP contribution in [0, 0.1) is 11.3 Å². The van der Waals surface area contributed by atoms with Gasteiger partial charge < -0.3 is 4.74 Å². The van der Waals surface area contributed by atoms with Crippen LogP contribution in [0.3, 0.4) is 0 Å². The molecule has 0 bridgehead atoms. The molecule has 0 N–H and O–H groups in total. The Balaban J connectivity index is 2.78. The molecule has 0 aliphatic carbocycles. The first kappa shape index (κ1) is 11.4. The summed E-state index contributed by atoms with van der Waals surface area (Å²) in [6, 6.07) is 9.68. The number of pyridine rings is 1. The maximum atomic E-state index is 8.97. The van der Waals surface area contributed by atoms with Gasteiger partial charge in [0.25, 0.3) is 0 Å². The second-order valence-corrected chi connectivity index (χ2v) is 4.25. The predicted octanol–water partition coefficient (Wildman–Crippen LogP) is 3.24. The van der Waals surface area contributed by atoms with Crippen LogP contribution in [0.25, 0.3) is 10.9 Å². The summed E-state index contributed by atoms with van der Waals surface area (Å²) in [6.07, 6.45) is 0. The van der Waals surface area contributed by atoms with Gasteiger partial charge in [-0.05, 0) is 35.7 Å². The van der Waals surface area contributed by atoms with Gasteiger partial charge in [0.1, 0.15) is 17.5 Å². The zero-order chi connectivity index (χ0) is 12.4. The minimum absolute atomic E-state index is 0.347. The van der Waals surface area contributed by atoms with Crippen molar-refractivity contribution in [3.63, 3.8) is 0 Å². The van der Waals surface area contributed by atoms with E-state index >= 15 is 0 Å². The standard InChI is InChI=1S/C14H14N2O/c1-9(2)12-6-10(8-15)16-14-5-4-11(17-3)7-13(12)14/h4-7,9H,1-3H3. The summed E-state index contributed by atoms with van der Waals surface area (Å²) in [5.41, 5.74) is 2.44. The number of fused-ring (bicyclic) bond motifs is 1. The lowest BCUT2D eigenvalue weighted by atomic mass is 9.98. The predicted molar refractivity (Wildman–Crippen MR) is 67.1 cm³/mol. The highest BCUT2D eigenvalue weighted by molar-refractivity contribution is 5.84. The monoisotopic (exact) mass is 226 g/mol. The molecular formula is C14H14N2O. The molecule has 0 saturated carbocycles. The lowest BCUT2D eigenvalue weighted by Crippen LogP contribution is -1.95. The molecule has 1 aromatic heterocycles. The molecule has 0 atom stereocenters. The van der Waals surface area contributed by atoms with Crippen LogP contribution in [0.1, 0.15) is 31.0 Å². The van der Waals surface area contributed by atoms with Gasteiger partial charge in [0.05, 0.1) is 12.6 Å². The first-order valence-corrected chi connectivity index (χ1v) is 5.54. The lowest BCUT2D eigenvalue weighted by Gasteiger charge is -2.11. The van der Waals surface area contributed by atoms with Crippen LogP contribution >= 0.6 is 0 Å². The fourth-order valence-electron chi connectivity index (χ4n) is 1.89. The molecule has 0 saturated heterocycles. The Bertz CT molecular complexity index is 597. The minimum atomic E-state index is 0.347. The van der Waals surface area contributed by atoms with Crippen molar-refractivity contribution in [1.29, 1.82) is 5.26 Å². The van der Waals surface area contributed by atoms with Crippen molar-refractivity contribution in [2.45, 2.75) is 19.8 Å². The number of nitrogens with zero attached hydrogens (tertiary/aromatic N) is 2. The van der Waals surface area contributed by atoms with E-state index < -0.39 is 0 Å². The van der Waals surface area contributed by atoms with E-state index in [0.717, 1.165) is 22.2 Å². The smallest absolute Gasteiger partial charge is 0.141 e. The van der Waals surface area contributed by atoms with Gasteiger partial charge in [0.2, 0.25) is 0 Å². The number of aromatic nitrogens is 1. The highest BCUT2D eigenvalue weighted by atomic mass is 16.5. The topological polar surface area (TPSA) is 45.9 Å². The molecule has 86 valence electrons. The number of rotatable bonds is 2. The van der Waals surface area contributed by atoms with Crippen LogP contribution in [0.4, 0.5) is 0 Å². The zero-order valence-corrected chi connectivity index (χ0v) is 10.2. The highest BCUT2D eigenvalue weighted by Gasteiger charge is 2.09. The van der Waals surface area contributed by atoms with Gasteiger partial charge in [-0.15, -0.1) is 0 Å². The van der Waals surface area contributed by atoms with E-state index in [0.29, 0.717) is 11.6 Å². The number of methoxy groups -OCH3 is 1. The van der Waals surface area contributed by atoms with Crippen LogP contribution in [0.15, 0.2) is 24.3 Å². The number of benzene rings is 1. The summed E-state index contributed by atoms with van der Waals surface area (Å²) in [6.45, 7) is 4.21. The van der Waals surface area contributed by atoms with Crippen LogP contribution in [0.2, 0.25) is 0 Å². The van der Waals surface area contributed by atoms with Gasteiger partial charge >= 0.3 is 0 Å². The summed E-state index contributed by atoms with van der Waals surface area (Å²) in [5, 5.41) is 10.0. The number of hydrogen-bond acceptors (Lipinski definition) is 3. The summed E-state index contributed by atoms with van der Waals surface area (Å²) < 4.78 is 5.22. The first-order chi connectivity index (χ1) is 8.15. The molecule has 0 amide bonds. The lowest BCUT2D eigenvalue weighted by molar-refractivity contribution is 0.415. The van der Waals surface area contributed by atoms with Crippen LogP contribution in [0.5, 0.6) is 5.75 Å². The molecule has 0 aliphatic rings. The molecule has 0 unspecified atom stereocenters. The number of ether oxygens (including phenoxy) is 1. The van der Waals surface area contributed by atoms with Crippen molar-refractivity contribution in [1.82, 2.24) is 4.98 Å². The van der Waals surface area contributed by atoms with Gasteiger partial charge in [0.15, 0.2) is 0 Å². The van der Waals surface area contributed by atoms with Gasteiger partial charge in [-0.3, -0.25) is 0 Å². The number of hydrogen-bond donors (Lipinski definition) is 0. The van der Waals surface area contributed by atoms with Crippen molar-refractivity contribution < 1.29 is 4.74 Å². The van der Waals surface area contributed by atoms with E-state index in [4.69, 9.17) is 10.00 Å². The normalized spacial score (nSPS) is 10.5. The van der Waals surface area contributed by atoms with Crippen molar-refractivity contribution in [2.75, 3.05) is 7.11 Å². The fourth-order valence-corrected chi connectivity index (χ4v) is 1.89. The fraction of sp³-hybridized carbons (Fsp3) is 0.286. The van der Waals surface area contributed by atoms with Crippen molar-refractivity contribution in [3.05, 3.63) is 35.5 Å². The van der Waals surface area contributed by atoms with E-state index in [1.54, 1.807) is 7.11 Å². The van der Waals surface area contributed by atoms with Crippen molar-refractivity contribution in [2.24, 2.45) is 0 Å². The summed E-state index contributed by atoms with van der Waals surface area (Å²) >= 11 is 0. The van der Waals surface area contributed by atoms with Crippen LogP contribution < -0.4 is 4.74 Å². The second kappa shape index (κ2) is 4.42. The molecule has 2 aromatic rings. The largest absolute Gasteiger partial charge is 0.497 e. The molecule has 0 spiro atoms. The molecule has 2 rings (SSSR count). The average Bonchev–Trinajstić information content (AvgIpc) is 2.36. The third kappa shape index (κ3) is 2.07. The first-order valence-electron chi connectivity index (χ1n) is 5.54. The molecule has 1 heterocycles. The van der Waals surface area contributed by atoms with E-state index in [2.05, 4.69) is 24.9 Å². The SMILES string of the molecule is COc1ccc2nc(C#N)cc(C(C)C)c2c1. The molecule has 17 heavy (non-hydrogen) atoms. The third-order valence-electron chi connectivity index (χ3n) is 2.78. The van der Waals surface area contributed by atoms with E-state index in [9.17, 15) is 0 Å². The summed E-state index contributed by atoms with van der Waals surface area (Å²) in [4.78, 5) is 4.30. The summed E-state index contributed by atoms with van der Waals surface area (Å²) in [7, 11) is 1.65. The van der Waals surface area contributed by atoms with E-state index in [1.807, 2.05) is 24.3 Å².